The molecule has 1 unspecified atom stereocenters. The van der Waals surface area contributed by atoms with E-state index < -0.39 is 23.1 Å². The van der Waals surface area contributed by atoms with Crippen molar-refractivity contribution in [2.75, 3.05) is 0 Å². The van der Waals surface area contributed by atoms with E-state index in [1.807, 2.05) is 0 Å². The predicted molar refractivity (Wildman–Crippen MR) is 115 cm³/mol. The molecule has 1 atom stereocenters. The van der Waals surface area contributed by atoms with Gasteiger partial charge in [0.15, 0.2) is 0 Å². The fourth-order valence-electron chi connectivity index (χ4n) is 3.49. The second-order valence-electron chi connectivity index (χ2n) is 7.26. The molecule has 4 rings (SSSR count). The van der Waals surface area contributed by atoms with Crippen LogP contribution in [0.2, 0.25) is 15.1 Å². The Balaban J connectivity index is 1.75. The number of carbonyl (C=O) groups excluding carboxylic acids is 2. The number of amides is 3. The molecule has 0 spiro atoms. The lowest BCUT2D eigenvalue weighted by molar-refractivity contribution is -0.131. The molecule has 154 valence electrons. The molecule has 1 saturated heterocycles. The minimum atomic E-state index is -1.32. The summed E-state index contributed by atoms with van der Waals surface area (Å²) in [6, 6.07) is 8.70. The van der Waals surface area contributed by atoms with Gasteiger partial charge in [-0.1, -0.05) is 40.9 Å². The van der Waals surface area contributed by atoms with Gasteiger partial charge in [0.05, 0.1) is 16.6 Å². The van der Waals surface area contributed by atoms with Crippen molar-refractivity contribution in [2.24, 2.45) is 0 Å². The highest BCUT2D eigenvalue weighted by Gasteiger charge is 2.49. The van der Waals surface area contributed by atoms with Crippen molar-refractivity contribution in [3.05, 3.63) is 78.6 Å². The zero-order valence-electron chi connectivity index (χ0n) is 15.9. The topological polar surface area (TPSA) is 79.6 Å². The summed E-state index contributed by atoms with van der Waals surface area (Å²) in [5.74, 6) is -0.481. The average molecular weight is 466 g/mol. The zero-order chi connectivity index (χ0) is 21.8. The fraction of sp³-hybridized carbons (Fsp3) is 0.190. The van der Waals surface area contributed by atoms with Crippen LogP contribution >= 0.6 is 34.8 Å². The molecule has 6 nitrogen and oxygen atoms in total. The maximum absolute atomic E-state index is 13.2. The van der Waals surface area contributed by atoms with Gasteiger partial charge in [-0.3, -0.25) is 9.69 Å². The maximum Gasteiger partial charge on any atom is 0.336 e. The van der Waals surface area contributed by atoms with Crippen LogP contribution in [0.5, 0.6) is 0 Å². The van der Waals surface area contributed by atoms with E-state index in [9.17, 15) is 14.4 Å². The summed E-state index contributed by atoms with van der Waals surface area (Å²) in [5, 5.41) is 4.35. The molecule has 1 fully saturated rings. The third kappa shape index (κ3) is 3.35. The molecule has 1 aromatic heterocycles. The highest BCUT2D eigenvalue weighted by atomic mass is 35.5. The molecule has 2 aromatic carbocycles. The monoisotopic (exact) mass is 464 g/mol. The number of urea groups is 1. The summed E-state index contributed by atoms with van der Waals surface area (Å²) in [4.78, 5) is 39.0. The zero-order valence-corrected chi connectivity index (χ0v) is 18.2. The molecule has 30 heavy (non-hydrogen) atoms. The lowest BCUT2D eigenvalue weighted by Gasteiger charge is -2.23. The number of hydrogen-bond acceptors (Lipinski definition) is 4. The summed E-state index contributed by atoms with van der Waals surface area (Å²) in [6.45, 7) is 3.25. The Morgan fingerprint density at radius 1 is 1.00 bits per heavy atom. The summed E-state index contributed by atoms with van der Waals surface area (Å²) in [7, 11) is 0. The van der Waals surface area contributed by atoms with Crippen LogP contribution in [0.1, 0.15) is 23.6 Å². The van der Waals surface area contributed by atoms with E-state index in [0.29, 0.717) is 32.1 Å². The summed E-state index contributed by atoms with van der Waals surface area (Å²) in [6.07, 6.45) is 0. The summed E-state index contributed by atoms with van der Waals surface area (Å²) >= 11 is 18.3. The predicted octanol–water partition coefficient (Wildman–Crippen LogP) is 5.03. The molecule has 0 bridgehead atoms. The van der Waals surface area contributed by atoms with Gasteiger partial charge in [-0.05, 0) is 54.8 Å². The van der Waals surface area contributed by atoms with Crippen molar-refractivity contribution in [1.29, 1.82) is 0 Å². The van der Waals surface area contributed by atoms with Crippen LogP contribution < -0.4 is 10.9 Å². The summed E-state index contributed by atoms with van der Waals surface area (Å²) in [5.41, 5.74) is 0.109. The Kier molecular flexibility index (Phi) is 5.04. The van der Waals surface area contributed by atoms with Crippen molar-refractivity contribution in [1.82, 2.24) is 10.2 Å². The van der Waals surface area contributed by atoms with Crippen molar-refractivity contribution in [2.45, 2.75) is 25.9 Å². The van der Waals surface area contributed by atoms with E-state index in [2.05, 4.69) is 5.32 Å². The lowest BCUT2D eigenvalue weighted by Crippen LogP contribution is -2.40. The minimum absolute atomic E-state index is 0.122. The van der Waals surface area contributed by atoms with Crippen molar-refractivity contribution < 1.29 is 14.0 Å². The van der Waals surface area contributed by atoms with Gasteiger partial charge >= 0.3 is 11.7 Å². The summed E-state index contributed by atoms with van der Waals surface area (Å²) < 4.78 is 5.25. The Labute approximate surface area is 186 Å². The molecular weight excluding hydrogens is 451 g/mol. The number of hydrogen-bond donors (Lipinski definition) is 1. The first-order valence-corrected chi connectivity index (χ1v) is 10.1. The fourth-order valence-corrected chi connectivity index (χ4v) is 3.95. The highest BCUT2D eigenvalue weighted by Crippen LogP contribution is 2.34. The number of imide groups is 1. The van der Waals surface area contributed by atoms with Crippen LogP contribution in [0.15, 0.2) is 45.6 Å². The van der Waals surface area contributed by atoms with Gasteiger partial charge in [0.2, 0.25) is 0 Å². The number of halogens is 3. The molecule has 1 aliphatic rings. The molecule has 2 heterocycles. The number of nitrogens with one attached hydrogen (secondary N) is 1. The van der Waals surface area contributed by atoms with E-state index in [0.717, 1.165) is 10.5 Å². The Hall–Kier alpha value is -2.54. The van der Waals surface area contributed by atoms with Gasteiger partial charge < -0.3 is 9.73 Å². The molecule has 0 aliphatic carbocycles. The third-order valence-electron chi connectivity index (χ3n) is 5.21. The molecule has 9 heteroatoms. The number of carbonyl (C=O) groups is 2. The van der Waals surface area contributed by atoms with Gasteiger partial charge in [0.1, 0.15) is 11.1 Å². The van der Waals surface area contributed by atoms with Gasteiger partial charge in [0, 0.05) is 16.5 Å². The van der Waals surface area contributed by atoms with Crippen LogP contribution in [0, 0.1) is 6.92 Å². The molecular formula is C21H15Cl3N2O4. The molecule has 1 N–H and O–H groups in total. The molecule has 0 radical (unpaired) electrons. The quantitative estimate of drug-likeness (QED) is 0.435. The molecule has 1 aliphatic heterocycles. The highest BCUT2D eigenvalue weighted by molar-refractivity contribution is 6.42. The van der Waals surface area contributed by atoms with E-state index in [4.69, 9.17) is 39.2 Å². The number of benzene rings is 2. The number of rotatable bonds is 3. The standard InChI is InChI=1S/C21H15Cl3N2O4/c1-10-5-17-13(8-15(10)23)11(6-18(27)30-17)9-26-19(28)21(2,25-20(26)29)12-3-4-14(22)16(24)7-12/h3-8H,9H2,1-2H3,(H,25,29). The van der Waals surface area contributed by atoms with Crippen molar-refractivity contribution >= 4 is 57.7 Å². The van der Waals surface area contributed by atoms with E-state index >= 15 is 0 Å². The molecule has 0 saturated carbocycles. The van der Waals surface area contributed by atoms with Crippen molar-refractivity contribution in [3.8, 4) is 0 Å². The number of aryl methyl sites for hydroxylation is 1. The third-order valence-corrected chi connectivity index (χ3v) is 6.36. The largest absolute Gasteiger partial charge is 0.423 e. The Bertz CT molecular complexity index is 1290. The normalized spacial score (nSPS) is 18.9. The second kappa shape index (κ2) is 7.30. The Morgan fingerprint density at radius 2 is 1.73 bits per heavy atom. The molecule has 3 amide bonds. The number of fused-ring (bicyclic) bond motifs is 1. The van der Waals surface area contributed by atoms with Crippen LogP contribution in [0.25, 0.3) is 11.0 Å². The average Bonchev–Trinajstić information content (AvgIpc) is 2.89. The van der Waals surface area contributed by atoms with Crippen molar-refractivity contribution in [3.63, 3.8) is 0 Å². The number of nitrogens with zero attached hydrogens (tertiary/aromatic N) is 1. The van der Waals surface area contributed by atoms with Crippen LogP contribution in [0.4, 0.5) is 4.79 Å². The first-order valence-electron chi connectivity index (χ1n) is 8.92. The van der Waals surface area contributed by atoms with E-state index in [1.165, 1.54) is 6.07 Å². The SMILES string of the molecule is Cc1cc2oc(=O)cc(CN3C(=O)NC(C)(c4ccc(Cl)c(Cl)c4)C3=O)c2cc1Cl. The van der Waals surface area contributed by atoms with Crippen LogP contribution in [-0.4, -0.2) is 16.8 Å². The van der Waals surface area contributed by atoms with Crippen LogP contribution in [0.3, 0.4) is 0 Å². The van der Waals surface area contributed by atoms with Crippen LogP contribution in [-0.2, 0) is 16.9 Å². The molecule has 3 aromatic rings. The van der Waals surface area contributed by atoms with Gasteiger partial charge in [-0.15, -0.1) is 0 Å². The maximum atomic E-state index is 13.2. The van der Waals surface area contributed by atoms with Gasteiger partial charge in [0.25, 0.3) is 5.91 Å². The van der Waals surface area contributed by atoms with Gasteiger partial charge in [-0.2, -0.15) is 0 Å². The minimum Gasteiger partial charge on any atom is -0.423 e. The van der Waals surface area contributed by atoms with Gasteiger partial charge in [-0.25, -0.2) is 9.59 Å². The van der Waals surface area contributed by atoms with E-state index in [-0.39, 0.29) is 11.6 Å². The lowest BCUT2D eigenvalue weighted by atomic mass is 9.92. The first kappa shape index (κ1) is 20.7. The van der Waals surface area contributed by atoms with E-state index in [1.54, 1.807) is 44.2 Å². The Morgan fingerprint density at radius 3 is 2.43 bits per heavy atom. The first-order chi connectivity index (χ1) is 14.1. The second-order valence-corrected chi connectivity index (χ2v) is 8.49. The smallest absolute Gasteiger partial charge is 0.336 e.